The summed E-state index contributed by atoms with van der Waals surface area (Å²) in [5.41, 5.74) is 0.659. The molecule has 1 amide bonds. The van der Waals surface area contributed by atoms with Gasteiger partial charge in [0.2, 0.25) is 0 Å². The molecule has 0 fully saturated rings. The Morgan fingerprint density at radius 2 is 2.16 bits per heavy atom. The van der Waals surface area contributed by atoms with E-state index in [-0.39, 0.29) is 5.91 Å². The fraction of sp³-hybridized carbons (Fsp3) is 0.462. The Bertz CT molecular complexity index is 415. The summed E-state index contributed by atoms with van der Waals surface area (Å²) < 4.78 is 12.0. The molecule has 0 heterocycles. The van der Waals surface area contributed by atoms with Crippen LogP contribution in [0.2, 0.25) is 0 Å². The van der Waals surface area contributed by atoms with E-state index >= 15 is 0 Å². The molecule has 1 rings (SSSR count). The summed E-state index contributed by atoms with van der Waals surface area (Å²) in [6, 6.07) is 5.69. The first-order valence-electron chi connectivity index (χ1n) is 5.95. The number of hydrogen-bond donors (Lipinski definition) is 1. The fourth-order valence-corrected chi connectivity index (χ4v) is 2.31. The molecule has 0 spiro atoms. The molecule has 0 aliphatic heterocycles. The second kappa shape index (κ2) is 9.68. The van der Waals surface area contributed by atoms with Gasteiger partial charge in [0.15, 0.2) is 0 Å². The van der Waals surface area contributed by atoms with Gasteiger partial charge < -0.3 is 14.8 Å². The van der Waals surface area contributed by atoms with Gasteiger partial charge in [0.1, 0.15) is 0 Å². The minimum atomic E-state index is -0.0673. The van der Waals surface area contributed by atoms with Gasteiger partial charge in [-0.25, -0.2) is 0 Å². The Morgan fingerprint density at radius 1 is 1.37 bits per heavy atom. The van der Waals surface area contributed by atoms with Gasteiger partial charge in [-0.15, -0.1) is 0 Å². The maximum Gasteiger partial charge on any atom is 0.252 e. The number of rotatable bonds is 8. The number of methoxy groups -OCH3 is 1. The van der Waals surface area contributed by atoms with E-state index in [1.807, 2.05) is 18.2 Å². The largest absolute Gasteiger partial charge is 0.382 e. The minimum Gasteiger partial charge on any atom is -0.382 e. The third-order valence-corrected chi connectivity index (χ3v) is 3.72. The van der Waals surface area contributed by atoms with E-state index < -0.39 is 0 Å². The molecule has 106 valence electrons. The second-order valence-electron chi connectivity index (χ2n) is 3.84. The van der Waals surface area contributed by atoms with Gasteiger partial charge in [0, 0.05) is 28.3 Å². The summed E-state index contributed by atoms with van der Waals surface area (Å²) in [5, 5.41) is 2.87. The third kappa shape index (κ3) is 6.69. The molecule has 0 unspecified atom stereocenters. The molecule has 0 aliphatic rings. The normalized spacial score (nSPS) is 10.5. The van der Waals surface area contributed by atoms with Crippen LogP contribution >= 0.6 is 38.5 Å². The lowest BCUT2D eigenvalue weighted by Crippen LogP contribution is -2.25. The van der Waals surface area contributed by atoms with Gasteiger partial charge in [-0.3, -0.25) is 4.79 Å². The van der Waals surface area contributed by atoms with Crippen LogP contribution in [-0.4, -0.2) is 39.4 Å². The molecule has 1 aromatic rings. The van der Waals surface area contributed by atoms with Crippen LogP contribution in [0.15, 0.2) is 22.7 Å². The van der Waals surface area contributed by atoms with E-state index in [0.717, 1.165) is 14.5 Å². The number of carbonyl (C=O) groups excluding carboxylic acids is 1. The lowest BCUT2D eigenvalue weighted by atomic mass is 10.2. The highest BCUT2D eigenvalue weighted by atomic mass is 127. The predicted molar refractivity (Wildman–Crippen MR) is 86.5 cm³/mol. The lowest BCUT2D eigenvalue weighted by Gasteiger charge is -2.08. The summed E-state index contributed by atoms with van der Waals surface area (Å²) >= 11 is 5.57. The number of benzene rings is 1. The zero-order valence-corrected chi connectivity index (χ0v) is 14.5. The number of amides is 1. The quantitative estimate of drug-likeness (QED) is 0.498. The van der Waals surface area contributed by atoms with E-state index in [1.165, 1.54) is 0 Å². The molecular weight excluding hydrogens is 425 g/mol. The van der Waals surface area contributed by atoms with Crippen molar-refractivity contribution in [2.75, 3.05) is 33.5 Å². The highest BCUT2D eigenvalue weighted by Gasteiger charge is 2.09. The number of nitrogens with one attached hydrogen (secondary N) is 1. The van der Waals surface area contributed by atoms with Gasteiger partial charge in [0.25, 0.3) is 5.91 Å². The SMILES string of the molecule is COCCOCCCNC(=O)c1cc(I)ccc1Br. The highest BCUT2D eigenvalue weighted by molar-refractivity contribution is 14.1. The summed E-state index contributed by atoms with van der Waals surface area (Å²) in [4.78, 5) is 11.9. The van der Waals surface area contributed by atoms with E-state index in [4.69, 9.17) is 9.47 Å². The third-order valence-electron chi connectivity index (χ3n) is 2.36. The van der Waals surface area contributed by atoms with Crippen LogP contribution in [0.5, 0.6) is 0 Å². The van der Waals surface area contributed by atoms with Gasteiger partial charge in [-0.05, 0) is 63.1 Å². The van der Waals surface area contributed by atoms with Crippen molar-refractivity contribution in [1.82, 2.24) is 5.32 Å². The van der Waals surface area contributed by atoms with Crippen LogP contribution in [0.4, 0.5) is 0 Å². The summed E-state index contributed by atoms with van der Waals surface area (Å²) in [5.74, 6) is -0.0673. The van der Waals surface area contributed by atoms with Crippen molar-refractivity contribution in [1.29, 1.82) is 0 Å². The van der Waals surface area contributed by atoms with E-state index in [2.05, 4.69) is 43.8 Å². The van der Waals surface area contributed by atoms with Crippen LogP contribution in [0.1, 0.15) is 16.8 Å². The molecule has 0 saturated carbocycles. The van der Waals surface area contributed by atoms with Crippen LogP contribution in [0, 0.1) is 3.57 Å². The molecular formula is C13H17BrINO3. The Morgan fingerprint density at radius 3 is 2.89 bits per heavy atom. The number of carbonyl (C=O) groups is 1. The van der Waals surface area contributed by atoms with Gasteiger partial charge >= 0.3 is 0 Å². The van der Waals surface area contributed by atoms with Crippen LogP contribution < -0.4 is 5.32 Å². The molecule has 0 aliphatic carbocycles. The van der Waals surface area contributed by atoms with Crippen molar-refractivity contribution in [2.24, 2.45) is 0 Å². The molecule has 1 aromatic carbocycles. The average molecular weight is 442 g/mol. The van der Waals surface area contributed by atoms with E-state index in [1.54, 1.807) is 7.11 Å². The molecule has 4 nitrogen and oxygen atoms in total. The number of ether oxygens (including phenoxy) is 2. The second-order valence-corrected chi connectivity index (χ2v) is 5.94. The van der Waals surface area contributed by atoms with Crippen molar-refractivity contribution in [3.8, 4) is 0 Å². The van der Waals surface area contributed by atoms with Crippen LogP contribution in [-0.2, 0) is 9.47 Å². The molecule has 0 aromatic heterocycles. The molecule has 0 saturated heterocycles. The topological polar surface area (TPSA) is 47.6 Å². The lowest BCUT2D eigenvalue weighted by molar-refractivity contribution is 0.0688. The predicted octanol–water partition coefficient (Wildman–Crippen LogP) is 2.84. The first-order chi connectivity index (χ1) is 9.15. The first-order valence-corrected chi connectivity index (χ1v) is 7.82. The minimum absolute atomic E-state index is 0.0673. The fourth-order valence-electron chi connectivity index (χ4n) is 1.39. The molecule has 19 heavy (non-hydrogen) atoms. The Balaban J connectivity index is 2.26. The molecule has 0 bridgehead atoms. The van der Waals surface area contributed by atoms with E-state index in [9.17, 15) is 4.79 Å². The van der Waals surface area contributed by atoms with Crippen LogP contribution in [0.3, 0.4) is 0 Å². The number of halogens is 2. The first kappa shape index (κ1) is 16.9. The Labute approximate surface area is 135 Å². The van der Waals surface area contributed by atoms with Gasteiger partial charge in [0.05, 0.1) is 18.8 Å². The maximum absolute atomic E-state index is 11.9. The maximum atomic E-state index is 11.9. The monoisotopic (exact) mass is 441 g/mol. The smallest absolute Gasteiger partial charge is 0.252 e. The van der Waals surface area contributed by atoms with E-state index in [0.29, 0.717) is 31.9 Å². The Hall–Kier alpha value is -0.180. The summed E-state index contributed by atoms with van der Waals surface area (Å²) in [7, 11) is 1.64. The number of hydrogen-bond acceptors (Lipinski definition) is 3. The highest BCUT2D eigenvalue weighted by Crippen LogP contribution is 2.19. The zero-order chi connectivity index (χ0) is 14.1. The summed E-state index contributed by atoms with van der Waals surface area (Å²) in [6.45, 7) is 2.41. The molecule has 1 N–H and O–H groups in total. The molecule has 0 atom stereocenters. The van der Waals surface area contributed by atoms with Crippen molar-refractivity contribution < 1.29 is 14.3 Å². The molecule has 6 heteroatoms. The van der Waals surface area contributed by atoms with Crippen molar-refractivity contribution in [2.45, 2.75) is 6.42 Å². The van der Waals surface area contributed by atoms with Crippen molar-refractivity contribution in [3.05, 3.63) is 31.8 Å². The Kier molecular flexibility index (Phi) is 8.60. The molecule has 0 radical (unpaired) electrons. The van der Waals surface area contributed by atoms with Gasteiger partial charge in [-0.2, -0.15) is 0 Å². The van der Waals surface area contributed by atoms with Gasteiger partial charge in [-0.1, -0.05) is 0 Å². The van der Waals surface area contributed by atoms with Crippen LogP contribution in [0.25, 0.3) is 0 Å². The van der Waals surface area contributed by atoms with Crippen molar-refractivity contribution >= 4 is 44.4 Å². The zero-order valence-electron chi connectivity index (χ0n) is 10.7. The standard InChI is InChI=1S/C13H17BrINO3/c1-18-7-8-19-6-2-5-16-13(17)11-9-10(15)3-4-12(11)14/h3-4,9H,2,5-8H2,1H3,(H,16,17). The average Bonchev–Trinajstić information content (AvgIpc) is 2.40. The summed E-state index contributed by atoms with van der Waals surface area (Å²) in [6.07, 6.45) is 0.789. The van der Waals surface area contributed by atoms with Crippen molar-refractivity contribution in [3.63, 3.8) is 0 Å².